The molecule has 1 aliphatic heterocycles. The van der Waals surface area contributed by atoms with Crippen LogP contribution in [0.25, 0.3) is 0 Å². The zero-order chi connectivity index (χ0) is 13.8. The van der Waals surface area contributed by atoms with Gasteiger partial charge in [0.2, 0.25) is 5.95 Å². The SMILES string of the molecule is CN(C)C1CCCN(c2nccc(/C(N)=N/O)n2)C1. The van der Waals surface area contributed by atoms with Gasteiger partial charge in [-0.2, -0.15) is 0 Å². The Balaban J connectivity index is 2.17. The van der Waals surface area contributed by atoms with Gasteiger partial charge in [-0.3, -0.25) is 0 Å². The number of likely N-dealkylation sites (N-methyl/N-ethyl adjacent to an activating group) is 1. The summed E-state index contributed by atoms with van der Waals surface area (Å²) in [6, 6.07) is 2.14. The first kappa shape index (κ1) is 13.5. The Morgan fingerprint density at radius 3 is 3.05 bits per heavy atom. The van der Waals surface area contributed by atoms with E-state index in [4.69, 9.17) is 10.9 Å². The Kier molecular flexibility index (Phi) is 4.16. The molecule has 0 amide bonds. The molecular formula is C12H20N6O. The number of nitrogens with two attached hydrogens (primary N) is 1. The van der Waals surface area contributed by atoms with E-state index in [9.17, 15) is 0 Å². The van der Waals surface area contributed by atoms with Crippen molar-refractivity contribution in [3.8, 4) is 0 Å². The van der Waals surface area contributed by atoms with Crippen LogP contribution in [0, 0.1) is 0 Å². The van der Waals surface area contributed by atoms with Gasteiger partial charge in [0, 0.05) is 25.3 Å². The molecule has 0 aromatic carbocycles. The average Bonchev–Trinajstić information content (AvgIpc) is 2.46. The minimum atomic E-state index is 0.00446. The molecule has 7 heteroatoms. The van der Waals surface area contributed by atoms with Gasteiger partial charge in [-0.05, 0) is 33.0 Å². The summed E-state index contributed by atoms with van der Waals surface area (Å²) in [5.74, 6) is 0.639. The number of oxime groups is 1. The number of hydrogen-bond acceptors (Lipinski definition) is 6. The quantitative estimate of drug-likeness (QED) is 0.348. The molecule has 0 bridgehead atoms. The average molecular weight is 264 g/mol. The molecule has 19 heavy (non-hydrogen) atoms. The zero-order valence-electron chi connectivity index (χ0n) is 11.3. The van der Waals surface area contributed by atoms with Gasteiger partial charge >= 0.3 is 0 Å². The van der Waals surface area contributed by atoms with E-state index in [1.165, 1.54) is 6.42 Å². The smallest absolute Gasteiger partial charge is 0.226 e. The second-order valence-corrected chi connectivity index (χ2v) is 4.93. The van der Waals surface area contributed by atoms with Crippen LogP contribution in [0.3, 0.4) is 0 Å². The molecular weight excluding hydrogens is 244 g/mol. The van der Waals surface area contributed by atoms with Gasteiger partial charge in [-0.1, -0.05) is 5.16 Å². The van der Waals surface area contributed by atoms with Gasteiger partial charge in [0.15, 0.2) is 5.84 Å². The van der Waals surface area contributed by atoms with Crippen molar-refractivity contribution in [2.75, 3.05) is 32.1 Å². The van der Waals surface area contributed by atoms with Crippen molar-refractivity contribution in [2.24, 2.45) is 10.9 Å². The Morgan fingerprint density at radius 2 is 2.37 bits per heavy atom. The molecule has 1 aromatic heterocycles. The van der Waals surface area contributed by atoms with Crippen LogP contribution in [0.15, 0.2) is 17.4 Å². The monoisotopic (exact) mass is 264 g/mol. The molecule has 1 aromatic rings. The number of nitrogens with zero attached hydrogens (tertiary/aromatic N) is 5. The lowest BCUT2D eigenvalue weighted by Gasteiger charge is -2.36. The number of piperidine rings is 1. The van der Waals surface area contributed by atoms with Crippen molar-refractivity contribution < 1.29 is 5.21 Å². The fraction of sp³-hybridized carbons (Fsp3) is 0.583. The van der Waals surface area contributed by atoms with Crippen LogP contribution in [0.5, 0.6) is 0 Å². The summed E-state index contributed by atoms with van der Waals surface area (Å²) in [5, 5.41) is 11.7. The van der Waals surface area contributed by atoms with Gasteiger partial charge in [0.1, 0.15) is 5.69 Å². The predicted octanol–water partition coefficient (Wildman–Crippen LogP) is 0.102. The highest BCUT2D eigenvalue weighted by Gasteiger charge is 2.23. The molecule has 7 nitrogen and oxygen atoms in total. The lowest BCUT2D eigenvalue weighted by molar-refractivity contribution is 0.257. The number of aromatic nitrogens is 2. The first-order chi connectivity index (χ1) is 9.11. The highest BCUT2D eigenvalue weighted by molar-refractivity contribution is 5.95. The van der Waals surface area contributed by atoms with Crippen LogP contribution in [-0.4, -0.2) is 59.1 Å². The molecule has 1 aliphatic rings. The second-order valence-electron chi connectivity index (χ2n) is 4.93. The molecule has 1 saturated heterocycles. The number of rotatable bonds is 3. The Bertz CT molecular complexity index is 461. The number of anilines is 1. The van der Waals surface area contributed by atoms with Crippen molar-refractivity contribution in [1.82, 2.24) is 14.9 Å². The summed E-state index contributed by atoms with van der Waals surface area (Å²) < 4.78 is 0. The number of amidine groups is 1. The minimum Gasteiger partial charge on any atom is -0.409 e. The largest absolute Gasteiger partial charge is 0.409 e. The van der Waals surface area contributed by atoms with Crippen LogP contribution in [0.2, 0.25) is 0 Å². The third kappa shape index (κ3) is 3.11. The topological polar surface area (TPSA) is 90.9 Å². The van der Waals surface area contributed by atoms with Gasteiger partial charge < -0.3 is 20.7 Å². The zero-order valence-corrected chi connectivity index (χ0v) is 11.3. The van der Waals surface area contributed by atoms with Crippen molar-refractivity contribution in [1.29, 1.82) is 0 Å². The first-order valence-electron chi connectivity index (χ1n) is 6.34. The highest BCUT2D eigenvalue weighted by atomic mass is 16.4. The normalized spacial score (nSPS) is 20.9. The fourth-order valence-corrected chi connectivity index (χ4v) is 2.25. The first-order valence-corrected chi connectivity index (χ1v) is 6.34. The molecule has 3 N–H and O–H groups in total. The summed E-state index contributed by atoms with van der Waals surface area (Å²) in [4.78, 5) is 13.0. The Morgan fingerprint density at radius 1 is 1.58 bits per heavy atom. The highest BCUT2D eigenvalue weighted by Crippen LogP contribution is 2.18. The standard InChI is InChI=1S/C12H20N6O/c1-17(2)9-4-3-7-18(8-9)12-14-6-5-10(15-12)11(13)16-19/h5-6,9,19H,3-4,7-8H2,1-2H3,(H2,13,16). The summed E-state index contributed by atoms with van der Waals surface area (Å²) >= 11 is 0. The van der Waals surface area contributed by atoms with Crippen LogP contribution in [0.1, 0.15) is 18.5 Å². The Labute approximate surface area is 112 Å². The van der Waals surface area contributed by atoms with Crippen molar-refractivity contribution >= 4 is 11.8 Å². The van der Waals surface area contributed by atoms with Gasteiger partial charge in [-0.25, -0.2) is 9.97 Å². The number of hydrogen-bond donors (Lipinski definition) is 2. The van der Waals surface area contributed by atoms with Crippen LogP contribution >= 0.6 is 0 Å². The lowest BCUT2D eigenvalue weighted by Crippen LogP contribution is -2.45. The second kappa shape index (κ2) is 5.83. The van der Waals surface area contributed by atoms with Crippen LogP contribution in [0.4, 0.5) is 5.95 Å². The van der Waals surface area contributed by atoms with Gasteiger partial charge in [0.25, 0.3) is 0 Å². The maximum absolute atomic E-state index is 8.69. The molecule has 0 saturated carbocycles. The lowest BCUT2D eigenvalue weighted by atomic mass is 10.1. The molecule has 1 fully saturated rings. The molecule has 0 spiro atoms. The van der Waals surface area contributed by atoms with E-state index in [2.05, 4.69) is 39.0 Å². The molecule has 1 atom stereocenters. The van der Waals surface area contributed by atoms with Gasteiger partial charge in [-0.15, -0.1) is 0 Å². The van der Waals surface area contributed by atoms with Crippen LogP contribution < -0.4 is 10.6 Å². The predicted molar refractivity (Wildman–Crippen MR) is 73.5 cm³/mol. The van der Waals surface area contributed by atoms with Crippen molar-refractivity contribution in [3.63, 3.8) is 0 Å². The van der Waals surface area contributed by atoms with Gasteiger partial charge in [0.05, 0.1) is 0 Å². The third-order valence-electron chi connectivity index (χ3n) is 3.42. The molecule has 1 unspecified atom stereocenters. The van der Waals surface area contributed by atoms with E-state index in [1.54, 1.807) is 12.3 Å². The summed E-state index contributed by atoms with van der Waals surface area (Å²) in [6.07, 6.45) is 3.93. The maximum Gasteiger partial charge on any atom is 0.226 e. The maximum atomic E-state index is 8.69. The molecule has 2 rings (SSSR count). The Hall–Kier alpha value is -1.89. The van der Waals surface area contributed by atoms with E-state index < -0.39 is 0 Å². The molecule has 0 radical (unpaired) electrons. The summed E-state index contributed by atoms with van der Waals surface area (Å²) in [7, 11) is 4.17. The minimum absolute atomic E-state index is 0.00446. The summed E-state index contributed by atoms with van der Waals surface area (Å²) in [6.45, 7) is 1.83. The van der Waals surface area contributed by atoms with E-state index in [1.807, 2.05) is 0 Å². The van der Waals surface area contributed by atoms with Crippen molar-refractivity contribution in [3.05, 3.63) is 18.0 Å². The van der Waals surface area contributed by atoms with Crippen molar-refractivity contribution in [2.45, 2.75) is 18.9 Å². The van der Waals surface area contributed by atoms with E-state index >= 15 is 0 Å². The molecule has 2 heterocycles. The van der Waals surface area contributed by atoms with E-state index in [0.29, 0.717) is 17.7 Å². The van der Waals surface area contributed by atoms with E-state index in [-0.39, 0.29) is 5.84 Å². The fourth-order valence-electron chi connectivity index (χ4n) is 2.25. The molecule has 104 valence electrons. The van der Waals surface area contributed by atoms with Crippen LogP contribution in [-0.2, 0) is 0 Å². The molecule has 0 aliphatic carbocycles. The summed E-state index contributed by atoms with van der Waals surface area (Å²) in [5.41, 5.74) is 6.00. The van der Waals surface area contributed by atoms with E-state index in [0.717, 1.165) is 19.5 Å². The third-order valence-corrected chi connectivity index (χ3v) is 3.42.